The summed E-state index contributed by atoms with van der Waals surface area (Å²) in [6.45, 7) is 0.579. The van der Waals surface area contributed by atoms with Gasteiger partial charge in [0, 0.05) is 32.2 Å². The lowest BCUT2D eigenvalue weighted by Crippen LogP contribution is -2.10. The summed E-state index contributed by atoms with van der Waals surface area (Å²) in [5.41, 5.74) is 6.76. The number of pyridine rings is 1. The number of anilines is 1. The fourth-order valence-corrected chi connectivity index (χ4v) is 1.69. The standard InChI is InChI=1S/C12H15N3/c1-15(2)12-11-4-3-9(8-13)7-10(11)5-6-14-12/h3-7H,8,13H2,1-2H3. The number of nitrogens with zero attached hydrogens (tertiary/aromatic N) is 2. The summed E-state index contributed by atoms with van der Waals surface area (Å²) in [4.78, 5) is 6.37. The van der Waals surface area contributed by atoms with Gasteiger partial charge in [-0.3, -0.25) is 0 Å². The number of nitrogens with two attached hydrogens (primary N) is 1. The van der Waals surface area contributed by atoms with E-state index in [2.05, 4.69) is 23.2 Å². The minimum Gasteiger partial charge on any atom is -0.362 e. The molecular formula is C12H15N3. The molecule has 0 bridgehead atoms. The largest absolute Gasteiger partial charge is 0.362 e. The Morgan fingerprint density at radius 1 is 1.27 bits per heavy atom. The predicted octanol–water partition coefficient (Wildman–Crippen LogP) is 1.76. The molecule has 0 aliphatic rings. The van der Waals surface area contributed by atoms with Crippen LogP contribution in [0.1, 0.15) is 5.56 Å². The second-order valence-corrected chi connectivity index (χ2v) is 3.79. The first-order valence-corrected chi connectivity index (χ1v) is 4.97. The van der Waals surface area contributed by atoms with Crippen LogP contribution in [0.15, 0.2) is 30.5 Å². The number of rotatable bonds is 2. The normalized spacial score (nSPS) is 10.6. The van der Waals surface area contributed by atoms with Gasteiger partial charge in [-0.05, 0) is 23.1 Å². The molecule has 0 aliphatic heterocycles. The predicted molar refractivity (Wildman–Crippen MR) is 64.0 cm³/mol. The van der Waals surface area contributed by atoms with Crippen LogP contribution < -0.4 is 10.6 Å². The van der Waals surface area contributed by atoms with Crippen LogP contribution in [-0.2, 0) is 6.54 Å². The summed E-state index contributed by atoms with van der Waals surface area (Å²) >= 11 is 0. The molecule has 2 rings (SSSR count). The monoisotopic (exact) mass is 201 g/mol. The van der Waals surface area contributed by atoms with Gasteiger partial charge in [-0.15, -0.1) is 0 Å². The second kappa shape index (κ2) is 3.87. The van der Waals surface area contributed by atoms with Gasteiger partial charge in [0.15, 0.2) is 0 Å². The summed E-state index contributed by atoms with van der Waals surface area (Å²) in [7, 11) is 4.00. The van der Waals surface area contributed by atoms with E-state index in [0.717, 1.165) is 11.4 Å². The first-order valence-electron chi connectivity index (χ1n) is 4.97. The molecule has 0 fully saturated rings. The van der Waals surface area contributed by atoms with Crippen LogP contribution in [-0.4, -0.2) is 19.1 Å². The van der Waals surface area contributed by atoms with Crippen LogP contribution in [0.5, 0.6) is 0 Å². The van der Waals surface area contributed by atoms with Gasteiger partial charge in [-0.1, -0.05) is 12.1 Å². The molecule has 78 valence electrons. The van der Waals surface area contributed by atoms with Crippen LogP contribution in [0.25, 0.3) is 10.8 Å². The Kier molecular flexibility index (Phi) is 2.56. The van der Waals surface area contributed by atoms with Gasteiger partial charge >= 0.3 is 0 Å². The quantitative estimate of drug-likeness (QED) is 0.805. The van der Waals surface area contributed by atoms with Gasteiger partial charge in [0.25, 0.3) is 0 Å². The maximum Gasteiger partial charge on any atom is 0.135 e. The van der Waals surface area contributed by atoms with Crippen molar-refractivity contribution in [2.24, 2.45) is 5.73 Å². The molecule has 0 aliphatic carbocycles. The van der Waals surface area contributed by atoms with E-state index < -0.39 is 0 Å². The van der Waals surface area contributed by atoms with Crippen molar-refractivity contribution in [3.8, 4) is 0 Å². The molecule has 2 N–H and O–H groups in total. The van der Waals surface area contributed by atoms with Gasteiger partial charge in [0.1, 0.15) is 5.82 Å². The van der Waals surface area contributed by atoms with Crippen LogP contribution in [0.3, 0.4) is 0 Å². The lowest BCUT2D eigenvalue weighted by Gasteiger charge is -2.14. The Labute approximate surface area is 89.5 Å². The molecule has 0 unspecified atom stereocenters. The van der Waals surface area contributed by atoms with E-state index >= 15 is 0 Å². The first-order chi connectivity index (χ1) is 7.22. The highest BCUT2D eigenvalue weighted by atomic mass is 15.1. The zero-order valence-corrected chi connectivity index (χ0v) is 9.07. The maximum absolute atomic E-state index is 5.61. The van der Waals surface area contributed by atoms with E-state index in [1.165, 1.54) is 10.8 Å². The van der Waals surface area contributed by atoms with E-state index in [1.54, 1.807) is 0 Å². The van der Waals surface area contributed by atoms with Crippen molar-refractivity contribution in [2.45, 2.75) is 6.54 Å². The van der Waals surface area contributed by atoms with Crippen molar-refractivity contribution in [3.63, 3.8) is 0 Å². The lowest BCUT2D eigenvalue weighted by molar-refractivity contribution is 1.07. The average molecular weight is 201 g/mol. The summed E-state index contributed by atoms with van der Waals surface area (Å²) in [6, 6.07) is 8.27. The summed E-state index contributed by atoms with van der Waals surface area (Å²) in [6.07, 6.45) is 1.83. The minimum absolute atomic E-state index is 0.579. The molecule has 3 nitrogen and oxygen atoms in total. The smallest absolute Gasteiger partial charge is 0.135 e. The topological polar surface area (TPSA) is 42.2 Å². The second-order valence-electron chi connectivity index (χ2n) is 3.79. The Morgan fingerprint density at radius 2 is 2.07 bits per heavy atom. The number of benzene rings is 1. The molecule has 1 aromatic carbocycles. The van der Waals surface area contributed by atoms with Crippen molar-refractivity contribution in [2.75, 3.05) is 19.0 Å². The average Bonchev–Trinajstić information content (AvgIpc) is 2.27. The zero-order chi connectivity index (χ0) is 10.8. The molecule has 1 heterocycles. The van der Waals surface area contributed by atoms with Crippen molar-refractivity contribution in [1.29, 1.82) is 0 Å². The highest BCUT2D eigenvalue weighted by Crippen LogP contribution is 2.23. The van der Waals surface area contributed by atoms with Gasteiger partial charge in [-0.2, -0.15) is 0 Å². The molecule has 2 aromatic rings. The van der Waals surface area contributed by atoms with Gasteiger partial charge in [0.2, 0.25) is 0 Å². The summed E-state index contributed by atoms with van der Waals surface area (Å²) in [5.74, 6) is 0.996. The van der Waals surface area contributed by atoms with Crippen molar-refractivity contribution >= 4 is 16.6 Å². The van der Waals surface area contributed by atoms with Crippen LogP contribution >= 0.6 is 0 Å². The van der Waals surface area contributed by atoms with E-state index in [4.69, 9.17) is 5.73 Å². The molecule has 0 spiro atoms. The van der Waals surface area contributed by atoms with E-state index in [9.17, 15) is 0 Å². The van der Waals surface area contributed by atoms with E-state index in [0.29, 0.717) is 6.54 Å². The molecule has 15 heavy (non-hydrogen) atoms. The van der Waals surface area contributed by atoms with E-state index in [-0.39, 0.29) is 0 Å². The number of hydrogen-bond donors (Lipinski definition) is 1. The van der Waals surface area contributed by atoms with Crippen LogP contribution in [0, 0.1) is 0 Å². The summed E-state index contributed by atoms with van der Waals surface area (Å²) < 4.78 is 0. The molecule has 0 radical (unpaired) electrons. The molecule has 0 saturated heterocycles. The first kappa shape index (κ1) is 9.93. The lowest BCUT2D eigenvalue weighted by atomic mass is 10.1. The van der Waals surface area contributed by atoms with Gasteiger partial charge in [-0.25, -0.2) is 4.98 Å². The van der Waals surface area contributed by atoms with Crippen molar-refractivity contribution in [1.82, 2.24) is 4.98 Å². The van der Waals surface area contributed by atoms with Crippen LogP contribution in [0.4, 0.5) is 5.82 Å². The third kappa shape index (κ3) is 1.78. The SMILES string of the molecule is CN(C)c1nccc2cc(CN)ccc12. The minimum atomic E-state index is 0.579. The third-order valence-electron chi connectivity index (χ3n) is 2.47. The Balaban J connectivity index is 2.67. The Bertz CT molecular complexity index is 477. The van der Waals surface area contributed by atoms with Crippen molar-refractivity contribution in [3.05, 3.63) is 36.0 Å². The number of fused-ring (bicyclic) bond motifs is 1. The van der Waals surface area contributed by atoms with E-state index in [1.807, 2.05) is 31.3 Å². The fourth-order valence-electron chi connectivity index (χ4n) is 1.69. The Morgan fingerprint density at radius 3 is 2.73 bits per heavy atom. The Hall–Kier alpha value is -1.61. The molecule has 0 amide bonds. The zero-order valence-electron chi connectivity index (χ0n) is 9.07. The number of aromatic nitrogens is 1. The highest BCUT2D eigenvalue weighted by molar-refractivity contribution is 5.92. The van der Waals surface area contributed by atoms with Crippen LogP contribution in [0.2, 0.25) is 0 Å². The third-order valence-corrected chi connectivity index (χ3v) is 2.47. The molecule has 0 saturated carbocycles. The molecular weight excluding hydrogens is 186 g/mol. The fraction of sp³-hybridized carbons (Fsp3) is 0.250. The summed E-state index contributed by atoms with van der Waals surface area (Å²) in [5, 5.41) is 2.36. The maximum atomic E-state index is 5.61. The van der Waals surface area contributed by atoms with Gasteiger partial charge < -0.3 is 10.6 Å². The molecule has 0 atom stereocenters. The number of hydrogen-bond acceptors (Lipinski definition) is 3. The molecule has 1 aromatic heterocycles. The molecule has 3 heteroatoms. The highest BCUT2D eigenvalue weighted by Gasteiger charge is 2.03. The van der Waals surface area contributed by atoms with Crippen molar-refractivity contribution < 1.29 is 0 Å². The van der Waals surface area contributed by atoms with Gasteiger partial charge in [0.05, 0.1) is 0 Å².